The molecule has 46 nitrogen and oxygen atoms in total. The standard InChI is InChI=1S/C54H92O46/c55-1-10-19(59)28(68)34(74)47(90-10)85-8-17-26(66)44(99-53-38(78)30(70)21(61)12(3-57)92-53)41(81)50(96-17)88-6-15-24(64)33(73)36(76)49(95-15)86-9-18-27(67)45(100-54-39(79)31(71)22(62)13(4-58)93-54)42(82)51(97-18)87-5-14-23(63)32(72)35(75)48(94-14)84-7-16-25(65)43(40(80)46(83)89-16)98-52-37(77)29(69)20(60)11(2-56)91-52/h10-83H,1-9H2/t10-,11-,12-,13-,14-,15-,16-,17-,18-,19-,20-,21-,22-,23-,24-,25-,26-,27-,28+,29+,30+,31+,32+,33+,34-,35-,36-,37-,38-,39-,40-,41-,42-,43+,44+,45+,46?,47-,48-,49-,50-,51-,52+,53+,54+/m1/s1. The highest BCUT2D eigenvalue weighted by atomic mass is 16.8. The molecule has 46 heteroatoms. The summed E-state index contributed by atoms with van der Waals surface area (Å²) in [5, 5.41) is 310. The molecule has 45 atom stereocenters. The van der Waals surface area contributed by atoms with Crippen LogP contribution in [0, 0.1) is 0 Å². The molecule has 0 amide bonds. The Balaban J connectivity index is 0.878. The van der Waals surface area contributed by atoms with E-state index in [4.69, 9.17) is 80.5 Å². The van der Waals surface area contributed by atoms with Crippen molar-refractivity contribution in [3.05, 3.63) is 0 Å². The molecule has 0 aliphatic carbocycles. The number of aliphatic hydroxyl groups excluding tert-OH is 29. The van der Waals surface area contributed by atoms with Gasteiger partial charge in [-0.2, -0.15) is 0 Å². The lowest BCUT2D eigenvalue weighted by Crippen LogP contribution is -2.66. The summed E-state index contributed by atoms with van der Waals surface area (Å²) < 4.78 is 95.1. The predicted octanol–water partition coefficient (Wildman–Crippen LogP) is -20.6. The Hall–Kier alpha value is -1.84. The molecule has 29 N–H and O–H groups in total. The smallest absolute Gasteiger partial charge is 0.187 e. The zero-order chi connectivity index (χ0) is 73.4. The monoisotopic (exact) mass is 1480 g/mol. The first-order chi connectivity index (χ1) is 47.3. The van der Waals surface area contributed by atoms with Gasteiger partial charge >= 0.3 is 0 Å². The first-order valence-corrected chi connectivity index (χ1v) is 31.7. The van der Waals surface area contributed by atoms with Crippen LogP contribution in [0.2, 0.25) is 0 Å². The molecule has 100 heavy (non-hydrogen) atoms. The van der Waals surface area contributed by atoms with Crippen molar-refractivity contribution in [1.29, 1.82) is 0 Å². The second-order valence-electron chi connectivity index (χ2n) is 25.4. The maximum atomic E-state index is 11.8. The van der Waals surface area contributed by atoms with E-state index in [1.807, 2.05) is 0 Å². The molecule has 9 fully saturated rings. The van der Waals surface area contributed by atoms with Crippen molar-refractivity contribution in [2.45, 2.75) is 276 Å². The Morgan fingerprint density at radius 2 is 0.350 bits per heavy atom. The van der Waals surface area contributed by atoms with E-state index in [1.165, 1.54) is 0 Å². The van der Waals surface area contributed by atoms with E-state index in [0.717, 1.165) is 0 Å². The SMILES string of the molecule is OC[C@H]1O[C@@H](OC[C@H]2O[C@@H](OC[C@H]3O[C@@H](OC[C@H]4O[C@@H](OC[C@H]5O[C@@H](OC[C@H]6OC(O)[C@H](O)[C@@H](O[C@@H]7O[C@H](CO)[C@@H](O)[C@H](O)[C@H]7O)[C@@H]6O)[C@H](O)[C@@H](O)[C@@H]5O)[C@H](O)[C@@H](O[C@@H]5O[C@H](CO)[C@@H](O)[C@H](O)[C@H]5O)[C@@H]4O)[C@H](O)[C@@H](O)[C@@H]3O)[C@H](O)[C@@H](O[C@@H]3O[C@H](CO)[C@@H](O)[C@H](O)[C@H]3O)[C@@H]2O)[C@H](O)[C@@H](O)[C@@H]1O. The van der Waals surface area contributed by atoms with Crippen LogP contribution in [0.5, 0.6) is 0 Å². The summed E-state index contributed by atoms with van der Waals surface area (Å²) in [6.07, 6.45) is -89.9. The summed E-state index contributed by atoms with van der Waals surface area (Å²) in [4.78, 5) is 0. The van der Waals surface area contributed by atoms with Crippen LogP contribution < -0.4 is 0 Å². The quantitative estimate of drug-likeness (QED) is 0.0404. The van der Waals surface area contributed by atoms with E-state index >= 15 is 0 Å². The van der Waals surface area contributed by atoms with Gasteiger partial charge in [-0.1, -0.05) is 0 Å². The summed E-state index contributed by atoms with van der Waals surface area (Å²) in [7, 11) is 0. The van der Waals surface area contributed by atoms with Crippen LogP contribution >= 0.6 is 0 Å². The Morgan fingerprint density at radius 1 is 0.170 bits per heavy atom. The molecular formula is C54H92O46. The highest BCUT2D eigenvalue weighted by Crippen LogP contribution is 2.37. The number of hydrogen-bond donors (Lipinski definition) is 29. The van der Waals surface area contributed by atoms with Crippen molar-refractivity contribution in [3.63, 3.8) is 0 Å². The molecule has 0 aromatic carbocycles. The molecule has 9 aliphatic rings. The molecule has 0 aromatic rings. The minimum Gasteiger partial charge on any atom is -0.394 e. The number of ether oxygens (including phenoxy) is 17. The second-order valence-corrected chi connectivity index (χ2v) is 25.4. The fraction of sp³-hybridized carbons (Fsp3) is 1.00. The van der Waals surface area contributed by atoms with E-state index in [1.54, 1.807) is 0 Å². The van der Waals surface area contributed by atoms with Gasteiger partial charge in [0.2, 0.25) is 0 Å². The van der Waals surface area contributed by atoms with Crippen LogP contribution in [0.1, 0.15) is 0 Å². The first-order valence-electron chi connectivity index (χ1n) is 31.7. The Labute approximate surface area is 563 Å². The zero-order valence-electron chi connectivity index (χ0n) is 52.3. The summed E-state index contributed by atoms with van der Waals surface area (Å²) in [6, 6.07) is 0. The van der Waals surface area contributed by atoms with Gasteiger partial charge in [0.25, 0.3) is 0 Å². The third-order valence-corrected chi connectivity index (χ3v) is 18.7. The number of hydrogen-bond acceptors (Lipinski definition) is 46. The van der Waals surface area contributed by atoms with Crippen molar-refractivity contribution < 1.29 is 229 Å². The Bertz CT molecular complexity index is 2450. The highest BCUT2D eigenvalue weighted by Gasteiger charge is 2.58. The second kappa shape index (κ2) is 35.5. The van der Waals surface area contributed by atoms with Gasteiger partial charge in [0.1, 0.15) is 220 Å². The molecule has 0 saturated carbocycles. The van der Waals surface area contributed by atoms with Crippen LogP contribution in [0.4, 0.5) is 0 Å². The minimum atomic E-state index is -2.28. The van der Waals surface area contributed by atoms with Gasteiger partial charge in [0.05, 0.1) is 59.5 Å². The van der Waals surface area contributed by atoms with Crippen LogP contribution in [0.25, 0.3) is 0 Å². The summed E-state index contributed by atoms with van der Waals surface area (Å²) in [6.45, 7) is -8.59. The lowest BCUT2D eigenvalue weighted by Gasteiger charge is -2.47. The van der Waals surface area contributed by atoms with E-state index in [2.05, 4.69) is 0 Å². The van der Waals surface area contributed by atoms with Gasteiger partial charge in [-0.15, -0.1) is 0 Å². The van der Waals surface area contributed by atoms with E-state index in [9.17, 15) is 148 Å². The normalized spacial score (nSPS) is 53.7. The topological polar surface area (TPSA) is 744 Å². The highest BCUT2D eigenvalue weighted by molar-refractivity contribution is 5.00. The van der Waals surface area contributed by atoms with Gasteiger partial charge in [0.15, 0.2) is 56.6 Å². The van der Waals surface area contributed by atoms with E-state index in [0.29, 0.717) is 0 Å². The van der Waals surface area contributed by atoms with E-state index < -0.39 is 336 Å². The van der Waals surface area contributed by atoms with Gasteiger partial charge in [-0.05, 0) is 0 Å². The largest absolute Gasteiger partial charge is 0.394 e. The molecule has 584 valence electrons. The maximum absolute atomic E-state index is 11.8. The lowest BCUT2D eigenvalue weighted by molar-refractivity contribution is -0.376. The fourth-order valence-electron chi connectivity index (χ4n) is 12.4. The van der Waals surface area contributed by atoms with Gasteiger partial charge in [-0.25, -0.2) is 0 Å². The molecular weight excluding hydrogens is 1380 g/mol. The summed E-state index contributed by atoms with van der Waals surface area (Å²) in [5.74, 6) is 0. The van der Waals surface area contributed by atoms with Crippen LogP contribution in [0.15, 0.2) is 0 Å². The lowest BCUT2D eigenvalue weighted by atomic mass is 9.96. The molecule has 9 heterocycles. The van der Waals surface area contributed by atoms with Crippen LogP contribution in [-0.2, 0) is 80.5 Å². The summed E-state index contributed by atoms with van der Waals surface area (Å²) in [5.41, 5.74) is 0. The van der Waals surface area contributed by atoms with Gasteiger partial charge in [0, 0.05) is 0 Å². The van der Waals surface area contributed by atoms with Crippen molar-refractivity contribution >= 4 is 0 Å². The minimum absolute atomic E-state index is 0.885. The van der Waals surface area contributed by atoms with Crippen molar-refractivity contribution in [3.8, 4) is 0 Å². The van der Waals surface area contributed by atoms with Gasteiger partial charge < -0.3 is 229 Å². The molecule has 0 spiro atoms. The Morgan fingerprint density at radius 3 is 0.600 bits per heavy atom. The molecule has 0 radical (unpaired) electrons. The number of aliphatic hydroxyl groups is 29. The molecule has 0 bridgehead atoms. The molecule has 9 saturated heterocycles. The average Bonchev–Trinajstić information content (AvgIpc) is 0.791. The molecule has 9 rings (SSSR count). The van der Waals surface area contributed by atoms with Gasteiger partial charge in [-0.3, -0.25) is 0 Å². The molecule has 0 aromatic heterocycles. The molecule has 9 aliphatic heterocycles. The van der Waals surface area contributed by atoms with Crippen molar-refractivity contribution in [2.24, 2.45) is 0 Å². The number of rotatable bonds is 25. The van der Waals surface area contributed by atoms with Crippen molar-refractivity contribution in [2.75, 3.05) is 59.5 Å². The Kier molecular flexibility index (Phi) is 29.2. The van der Waals surface area contributed by atoms with Crippen LogP contribution in [-0.4, -0.2) is 484 Å². The van der Waals surface area contributed by atoms with Crippen molar-refractivity contribution in [1.82, 2.24) is 0 Å². The molecule has 1 unspecified atom stereocenters. The predicted molar refractivity (Wildman–Crippen MR) is 297 cm³/mol. The summed E-state index contributed by atoms with van der Waals surface area (Å²) >= 11 is 0. The third-order valence-electron chi connectivity index (χ3n) is 18.7. The van der Waals surface area contributed by atoms with Crippen LogP contribution in [0.3, 0.4) is 0 Å². The first kappa shape index (κ1) is 82.2. The average molecular weight is 1480 g/mol. The fourth-order valence-corrected chi connectivity index (χ4v) is 12.4. The zero-order valence-corrected chi connectivity index (χ0v) is 52.3. The third kappa shape index (κ3) is 17.5. The maximum Gasteiger partial charge on any atom is 0.187 e. The van der Waals surface area contributed by atoms with E-state index in [-0.39, 0.29) is 0 Å².